The van der Waals surface area contributed by atoms with E-state index in [0.29, 0.717) is 6.42 Å². The van der Waals surface area contributed by atoms with Crippen molar-refractivity contribution < 1.29 is 14.7 Å². The summed E-state index contributed by atoms with van der Waals surface area (Å²) in [6, 6.07) is 7.58. The number of hydrogen-bond acceptors (Lipinski definition) is 2. The highest BCUT2D eigenvalue weighted by molar-refractivity contribution is 5.92. The number of aliphatic carboxylic acids is 1. The monoisotopic (exact) mass is 298 g/mol. The van der Waals surface area contributed by atoms with Crippen LogP contribution >= 0.6 is 0 Å². The summed E-state index contributed by atoms with van der Waals surface area (Å²) in [5.41, 5.74) is -0.0896. The fourth-order valence-corrected chi connectivity index (χ4v) is 2.91. The SMILES string of the molecule is C#CC(NC(C)=O)(C(=O)O)C(CC)c1c[nH]c2ccccc12. The highest BCUT2D eigenvalue weighted by atomic mass is 16.4. The third-order valence-corrected chi connectivity index (χ3v) is 3.87. The number of para-hydroxylation sites is 1. The van der Waals surface area contributed by atoms with Crippen LogP contribution in [0.15, 0.2) is 30.5 Å². The van der Waals surface area contributed by atoms with E-state index in [4.69, 9.17) is 6.42 Å². The fraction of sp³-hybridized carbons (Fsp3) is 0.294. The maximum absolute atomic E-state index is 11.9. The Morgan fingerprint density at radius 2 is 2.14 bits per heavy atom. The van der Waals surface area contributed by atoms with Crippen LogP contribution in [-0.4, -0.2) is 27.5 Å². The summed E-state index contributed by atoms with van der Waals surface area (Å²) < 4.78 is 0. The average molecular weight is 298 g/mol. The van der Waals surface area contributed by atoms with Crippen LogP contribution in [0.25, 0.3) is 10.9 Å². The predicted molar refractivity (Wildman–Crippen MR) is 84.3 cm³/mol. The van der Waals surface area contributed by atoms with Gasteiger partial charge in [-0.3, -0.25) is 4.79 Å². The third-order valence-electron chi connectivity index (χ3n) is 3.87. The Hall–Kier alpha value is -2.74. The van der Waals surface area contributed by atoms with Crippen molar-refractivity contribution in [2.45, 2.75) is 31.7 Å². The number of aromatic nitrogens is 1. The van der Waals surface area contributed by atoms with E-state index in [-0.39, 0.29) is 0 Å². The Balaban J connectivity index is 2.64. The molecule has 1 aromatic carbocycles. The second kappa shape index (κ2) is 5.94. The highest BCUT2D eigenvalue weighted by Crippen LogP contribution is 2.36. The van der Waals surface area contributed by atoms with Gasteiger partial charge < -0.3 is 15.4 Å². The topological polar surface area (TPSA) is 82.2 Å². The van der Waals surface area contributed by atoms with Crippen molar-refractivity contribution in [3.05, 3.63) is 36.0 Å². The summed E-state index contributed by atoms with van der Waals surface area (Å²) in [4.78, 5) is 26.5. The van der Waals surface area contributed by atoms with Crippen molar-refractivity contribution in [1.82, 2.24) is 10.3 Å². The fourth-order valence-electron chi connectivity index (χ4n) is 2.91. The van der Waals surface area contributed by atoms with Gasteiger partial charge in [0, 0.05) is 29.9 Å². The van der Waals surface area contributed by atoms with E-state index in [1.165, 1.54) is 6.92 Å². The van der Waals surface area contributed by atoms with Gasteiger partial charge >= 0.3 is 5.97 Å². The number of terminal acetylenes is 1. The first kappa shape index (κ1) is 15.6. The van der Waals surface area contributed by atoms with Crippen LogP contribution < -0.4 is 5.32 Å². The van der Waals surface area contributed by atoms with Crippen molar-refractivity contribution in [3.63, 3.8) is 0 Å². The van der Waals surface area contributed by atoms with Crippen LogP contribution in [0.4, 0.5) is 0 Å². The Morgan fingerprint density at radius 3 is 2.68 bits per heavy atom. The molecule has 0 saturated heterocycles. The Bertz CT molecular complexity index is 757. The number of amides is 1. The lowest BCUT2D eigenvalue weighted by molar-refractivity contribution is -0.145. The van der Waals surface area contributed by atoms with Crippen LogP contribution in [0.5, 0.6) is 0 Å². The van der Waals surface area contributed by atoms with Crippen molar-refractivity contribution in [3.8, 4) is 12.3 Å². The molecule has 0 spiro atoms. The molecule has 1 aromatic heterocycles. The number of rotatable bonds is 5. The van der Waals surface area contributed by atoms with Crippen LogP contribution in [0.2, 0.25) is 0 Å². The zero-order valence-electron chi connectivity index (χ0n) is 12.5. The lowest BCUT2D eigenvalue weighted by Gasteiger charge is -2.32. The third kappa shape index (κ3) is 2.44. The van der Waals surface area contributed by atoms with E-state index >= 15 is 0 Å². The lowest BCUT2D eigenvalue weighted by Crippen LogP contribution is -2.57. The van der Waals surface area contributed by atoms with Crippen LogP contribution in [0.3, 0.4) is 0 Å². The molecule has 5 heteroatoms. The van der Waals surface area contributed by atoms with E-state index < -0.39 is 23.3 Å². The van der Waals surface area contributed by atoms with Crippen molar-refractivity contribution >= 4 is 22.8 Å². The molecule has 0 aliphatic carbocycles. The van der Waals surface area contributed by atoms with E-state index in [1.54, 1.807) is 6.20 Å². The van der Waals surface area contributed by atoms with Crippen molar-refractivity contribution in [2.24, 2.45) is 0 Å². The van der Waals surface area contributed by atoms with Gasteiger partial charge in [0.05, 0.1) is 0 Å². The average Bonchev–Trinajstić information content (AvgIpc) is 2.90. The molecule has 2 aromatic rings. The smallest absolute Gasteiger partial charge is 0.342 e. The maximum atomic E-state index is 11.9. The van der Waals surface area contributed by atoms with E-state index in [9.17, 15) is 14.7 Å². The second-order valence-corrected chi connectivity index (χ2v) is 5.19. The van der Waals surface area contributed by atoms with Gasteiger partial charge in [0.1, 0.15) is 0 Å². The molecule has 3 N–H and O–H groups in total. The number of nitrogens with one attached hydrogen (secondary N) is 2. The minimum atomic E-state index is -1.77. The minimum absolute atomic E-state index is 0.471. The van der Waals surface area contributed by atoms with Gasteiger partial charge in [-0.05, 0) is 18.1 Å². The quantitative estimate of drug-likeness (QED) is 0.740. The maximum Gasteiger partial charge on any atom is 0.342 e. The number of hydrogen-bond donors (Lipinski definition) is 3. The molecular formula is C17H18N2O3. The van der Waals surface area contributed by atoms with Gasteiger partial charge in [-0.1, -0.05) is 31.0 Å². The van der Waals surface area contributed by atoms with Gasteiger partial charge in [0.25, 0.3) is 0 Å². The summed E-state index contributed by atoms with van der Waals surface area (Å²) >= 11 is 0. The zero-order valence-corrected chi connectivity index (χ0v) is 12.5. The predicted octanol–water partition coefficient (Wildman–Crippen LogP) is 2.25. The van der Waals surface area contributed by atoms with Gasteiger partial charge in [-0.25, -0.2) is 4.79 Å². The molecule has 114 valence electrons. The Kier molecular flexibility index (Phi) is 4.22. The summed E-state index contributed by atoms with van der Waals surface area (Å²) in [7, 11) is 0. The molecule has 1 heterocycles. The molecule has 5 nitrogen and oxygen atoms in total. The number of H-pyrrole nitrogens is 1. The van der Waals surface area contributed by atoms with E-state index in [0.717, 1.165) is 16.5 Å². The van der Waals surface area contributed by atoms with Crippen molar-refractivity contribution in [1.29, 1.82) is 0 Å². The lowest BCUT2D eigenvalue weighted by atomic mass is 9.77. The number of fused-ring (bicyclic) bond motifs is 1. The molecular weight excluding hydrogens is 280 g/mol. The number of carboxylic acids is 1. The molecule has 0 aliphatic rings. The standard InChI is InChI=1S/C17H18N2O3/c1-4-14(17(5-2,16(21)22)19-11(3)20)13-10-18-15-9-7-6-8-12(13)15/h2,6-10,14,18H,4H2,1,3H3,(H,19,20)(H,21,22). The molecule has 2 atom stereocenters. The van der Waals surface area contributed by atoms with Gasteiger partial charge in [0.15, 0.2) is 0 Å². The summed E-state index contributed by atoms with van der Waals surface area (Å²) in [6.07, 6.45) is 7.76. The number of carbonyl (C=O) groups excluding carboxylic acids is 1. The number of carbonyl (C=O) groups is 2. The van der Waals surface area contributed by atoms with Crippen LogP contribution in [0, 0.1) is 12.3 Å². The number of benzene rings is 1. The summed E-state index contributed by atoms with van der Waals surface area (Å²) in [6.45, 7) is 3.11. The first-order valence-electron chi connectivity index (χ1n) is 7.02. The first-order valence-corrected chi connectivity index (χ1v) is 7.02. The zero-order chi connectivity index (χ0) is 16.3. The number of carboxylic acid groups (broad SMARTS) is 1. The van der Waals surface area contributed by atoms with E-state index in [1.807, 2.05) is 31.2 Å². The van der Waals surface area contributed by atoms with Crippen molar-refractivity contribution in [2.75, 3.05) is 0 Å². The Morgan fingerprint density at radius 1 is 1.45 bits per heavy atom. The van der Waals surface area contributed by atoms with Gasteiger partial charge in [-0.15, -0.1) is 6.42 Å². The molecule has 2 unspecified atom stereocenters. The second-order valence-electron chi connectivity index (χ2n) is 5.19. The van der Waals surface area contributed by atoms with Gasteiger partial charge in [0.2, 0.25) is 11.4 Å². The normalized spacial score (nSPS) is 14.8. The molecule has 1 amide bonds. The minimum Gasteiger partial charge on any atom is -0.479 e. The van der Waals surface area contributed by atoms with Gasteiger partial charge in [-0.2, -0.15) is 0 Å². The molecule has 0 radical (unpaired) electrons. The largest absolute Gasteiger partial charge is 0.479 e. The highest BCUT2D eigenvalue weighted by Gasteiger charge is 2.46. The van der Waals surface area contributed by atoms with Crippen LogP contribution in [-0.2, 0) is 9.59 Å². The Labute approximate surface area is 128 Å². The molecule has 0 saturated carbocycles. The molecule has 0 fully saturated rings. The molecule has 2 rings (SSSR count). The molecule has 0 bridgehead atoms. The van der Waals surface area contributed by atoms with Crippen LogP contribution in [0.1, 0.15) is 31.7 Å². The molecule has 0 aliphatic heterocycles. The van der Waals surface area contributed by atoms with E-state index in [2.05, 4.69) is 16.2 Å². The summed E-state index contributed by atoms with van der Waals surface area (Å²) in [5, 5.41) is 13.0. The molecule has 22 heavy (non-hydrogen) atoms. The first-order chi connectivity index (χ1) is 10.5. The summed E-state index contributed by atoms with van der Waals surface area (Å²) in [5.74, 6) is 0.0513. The number of aromatic amines is 1.